The molecule has 0 fully saturated rings. The van der Waals surface area contributed by atoms with Crippen LogP contribution in [0.4, 0.5) is 0 Å². The number of hydrogen-bond acceptors (Lipinski definition) is 5. The fraction of sp³-hybridized carbons (Fsp3) is 0.176. The second kappa shape index (κ2) is 7.47. The third-order valence-electron chi connectivity index (χ3n) is 3.54. The van der Waals surface area contributed by atoms with Gasteiger partial charge in [0.25, 0.3) is 0 Å². The maximum Gasteiger partial charge on any atom is 0.242 e. The molecule has 0 atom stereocenters. The van der Waals surface area contributed by atoms with Crippen molar-refractivity contribution >= 4 is 26.0 Å². The van der Waals surface area contributed by atoms with Gasteiger partial charge in [-0.05, 0) is 30.2 Å². The molecule has 3 rings (SSSR count). The average Bonchev–Trinajstić information content (AvgIpc) is 3.02. The zero-order chi connectivity index (χ0) is 17.9. The third kappa shape index (κ3) is 4.75. The number of aryl methyl sites for hydroxylation is 1. The normalized spacial score (nSPS) is 11.6. The molecular formula is C17H16BrN3O3S. The van der Waals surface area contributed by atoms with Crippen LogP contribution in [0.2, 0.25) is 0 Å². The van der Waals surface area contributed by atoms with Crippen LogP contribution in [0.25, 0.3) is 11.4 Å². The molecule has 2 aromatic carbocycles. The van der Waals surface area contributed by atoms with Gasteiger partial charge in [0.2, 0.25) is 21.7 Å². The smallest absolute Gasteiger partial charge is 0.242 e. The second-order valence-electron chi connectivity index (χ2n) is 5.54. The lowest BCUT2D eigenvalue weighted by Gasteiger charge is -2.05. The van der Waals surface area contributed by atoms with Gasteiger partial charge in [0.1, 0.15) is 0 Å². The average molecular weight is 422 g/mol. The van der Waals surface area contributed by atoms with Gasteiger partial charge in [0.05, 0.1) is 12.3 Å². The highest BCUT2D eigenvalue weighted by Crippen LogP contribution is 2.20. The van der Waals surface area contributed by atoms with Gasteiger partial charge in [0, 0.05) is 10.0 Å². The van der Waals surface area contributed by atoms with E-state index < -0.39 is 10.0 Å². The van der Waals surface area contributed by atoms with E-state index in [0.29, 0.717) is 11.4 Å². The van der Waals surface area contributed by atoms with Gasteiger partial charge >= 0.3 is 0 Å². The quantitative estimate of drug-likeness (QED) is 0.658. The Bertz CT molecular complexity index is 986. The molecule has 0 aliphatic carbocycles. The highest BCUT2D eigenvalue weighted by molar-refractivity contribution is 9.10. The summed E-state index contributed by atoms with van der Waals surface area (Å²) in [5.41, 5.74) is 2.56. The monoisotopic (exact) mass is 421 g/mol. The zero-order valence-corrected chi connectivity index (χ0v) is 15.8. The number of nitrogens with one attached hydrogen (secondary N) is 1. The molecule has 25 heavy (non-hydrogen) atoms. The summed E-state index contributed by atoms with van der Waals surface area (Å²) in [4.78, 5) is 4.25. The first-order valence-electron chi connectivity index (χ1n) is 7.53. The van der Waals surface area contributed by atoms with Crippen molar-refractivity contribution in [3.8, 4) is 11.4 Å². The second-order valence-corrected chi connectivity index (χ2v) is 8.26. The van der Waals surface area contributed by atoms with Gasteiger partial charge < -0.3 is 4.52 Å². The van der Waals surface area contributed by atoms with Gasteiger partial charge in [0.15, 0.2) is 0 Å². The van der Waals surface area contributed by atoms with Crippen molar-refractivity contribution in [3.63, 3.8) is 0 Å². The predicted molar refractivity (Wildman–Crippen MR) is 98.1 cm³/mol. The number of aromatic nitrogens is 2. The number of nitrogens with zero attached hydrogens (tertiary/aromatic N) is 2. The minimum Gasteiger partial charge on any atom is -0.338 e. The Morgan fingerprint density at radius 3 is 2.72 bits per heavy atom. The molecule has 1 aromatic heterocycles. The molecule has 0 radical (unpaired) electrons. The molecule has 0 spiro atoms. The molecule has 130 valence electrons. The molecule has 1 heterocycles. The van der Waals surface area contributed by atoms with Crippen molar-refractivity contribution in [1.82, 2.24) is 14.9 Å². The molecule has 0 saturated heterocycles. The Morgan fingerprint density at radius 2 is 1.96 bits per heavy atom. The van der Waals surface area contributed by atoms with E-state index in [1.807, 2.05) is 37.3 Å². The van der Waals surface area contributed by atoms with Crippen LogP contribution in [-0.4, -0.2) is 18.6 Å². The molecule has 6 nitrogen and oxygen atoms in total. The van der Waals surface area contributed by atoms with Crippen LogP contribution in [0.15, 0.2) is 57.5 Å². The van der Waals surface area contributed by atoms with E-state index in [4.69, 9.17) is 4.52 Å². The number of halogens is 1. The van der Waals surface area contributed by atoms with Crippen LogP contribution in [-0.2, 0) is 22.3 Å². The summed E-state index contributed by atoms with van der Waals surface area (Å²) >= 11 is 3.33. The zero-order valence-electron chi connectivity index (χ0n) is 13.4. The van der Waals surface area contributed by atoms with Crippen LogP contribution in [0.1, 0.15) is 17.0 Å². The SMILES string of the molecule is Cc1ccccc1-c1noc(CNS(=O)(=O)Cc2cccc(Br)c2)n1. The molecule has 0 bridgehead atoms. The van der Waals surface area contributed by atoms with E-state index in [2.05, 4.69) is 30.8 Å². The Balaban J connectivity index is 1.66. The van der Waals surface area contributed by atoms with E-state index in [9.17, 15) is 8.42 Å². The molecule has 0 aliphatic rings. The predicted octanol–water partition coefficient (Wildman–Crippen LogP) is 3.43. The van der Waals surface area contributed by atoms with Gasteiger partial charge in [-0.3, -0.25) is 0 Å². The first kappa shape index (κ1) is 17.8. The summed E-state index contributed by atoms with van der Waals surface area (Å²) in [6.07, 6.45) is 0. The Hall–Kier alpha value is -2.03. The van der Waals surface area contributed by atoms with Crippen molar-refractivity contribution in [1.29, 1.82) is 0 Å². The Kier molecular flexibility index (Phi) is 5.31. The lowest BCUT2D eigenvalue weighted by molar-refractivity contribution is 0.376. The standard InChI is InChI=1S/C17H16BrN3O3S/c1-12-5-2-3-8-15(12)17-20-16(24-21-17)10-19-25(22,23)11-13-6-4-7-14(18)9-13/h2-9,19H,10-11H2,1H3. The molecule has 0 aliphatic heterocycles. The number of hydrogen-bond donors (Lipinski definition) is 1. The van der Waals surface area contributed by atoms with E-state index in [-0.39, 0.29) is 18.2 Å². The molecule has 0 amide bonds. The van der Waals surface area contributed by atoms with Gasteiger partial charge in [-0.1, -0.05) is 57.5 Å². The molecule has 8 heteroatoms. The molecular weight excluding hydrogens is 406 g/mol. The van der Waals surface area contributed by atoms with Crippen LogP contribution in [0, 0.1) is 6.92 Å². The highest BCUT2D eigenvalue weighted by Gasteiger charge is 2.15. The fourth-order valence-electron chi connectivity index (χ4n) is 2.33. The maximum atomic E-state index is 12.2. The van der Waals surface area contributed by atoms with Crippen molar-refractivity contribution in [2.24, 2.45) is 0 Å². The van der Waals surface area contributed by atoms with Crippen LogP contribution < -0.4 is 4.72 Å². The summed E-state index contributed by atoms with van der Waals surface area (Å²) in [5, 5.41) is 3.92. The minimum absolute atomic E-state index is 0.0464. The molecule has 0 saturated carbocycles. The van der Waals surface area contributed by atoms with E-state index in [0.717, 1.165) is 15.6 Å². The van der Waals surface area contributed by atoms with E-state index in [1.165, 1.54) is 0 Å². The van der Waals surface area contributed by atoms with Crippen molar-refractivity contribution in [3.05, 3.63) is 70.0 Å². The first-order valence-corrected chi connectivity index (χ1v) is 9.98. The molecule has 3 aromatic rings. The largest absolute Gasteiger partial charge is 0.338 e. The van der Waals surface area contributed by atoms with Crippen molar-refractivity contribution < 1.29 is 12.9 Å². The fourth-order valence-corrected chi connectivity index (χ4v) is 3.84. The van der Waals surface area contributed by atoms with Gasteiger partial charge in [-0.15, -0.1) is 0 Å². The van der Waals surface area contributed by atoms with E-state index in [1.54, 1.807) is 18.2 Å². The van der Waals surface area contributed by atoms with Crippen molar-refractivity contribution in [2.75, 3.05) is 0 Å². The molecule has 1 N–H and O–H groups in total. The summed E-state index contributed by atoms with van der Waals surface area (Å²) in [6.45, 7) is 1.90. The van der Waals surface area contributed by atoms with Crippen LogP contribution in [0.5, 0.6) is 0 Å². The highest BCUT2D eigenvalue weighted by atomic mass is 79.9. The number of rotatable bonds is 6. The minimum atomic E-state index is -3.51. The Morgan fingerprint density at radius 1 is 1.16 bits per heavy atom. The summed E-state index contributed by atoms with van der Waals surface area (Å²) in [5.74, 6) is 0.543. The third-order valence-corrected chi connectivity index (χ3v) is 5.33. The molecule has 0 unspecified atom stereocenters. The Labute approximate surface area is 154 Å². The van der Waals surface area contributed by atoms with Gasteiger partial charge in [-0.25, -0.2) is 13.1 Å². The number of benzene rings is 2. The maximum absolute atomic E-state index is 12.2. The lowest BCUT2D eigenvalue weighted by atomic mass is 10.1. The summed E-state index contributed by atoms with van der Waals surface area (Å²) in [6, 6.07) is 14.8. The summed E-state index contributed by atoms with van der Waals surface area (Å²) < 4.78 is 32.9. The van der Waals surface area contributed by atoms with Crippen LogP contribution in [0.3, 0.4) is 0 Å². The lowest BCUT2D eigenvalue weighted by Crippen LogP contribution is -2.24. The van der Waals surface area contributed by atoms with Crippen molar-refractivity contribution in [2.45, 2.75) is 19.2 Å². The van der Waals surface area contributed by atoms with E-state index >= 15 is 0 Å². The summed E-state index contributed by atoms with van der Waals surface area (Å²) in [7, 11) is -3.51. The topological polar surface area (TPSA) is 85.1 Å². The van der Waals surface area contributed by atoms with Crippen LogP contribution >= 0.6 is 15.9 Å². The first-order chi connectivity index (χ1) is 11.9. The van der Waals surface area contributed by atoms with Gasteiger partial charge in [-0.2, -0.15) is 4.98 Å². The number of sulfonamides is 1.